The van der Waals surface area contributed by atoms with Crippen molar-refractivity contribution in [2.24, 2.45) is 0 Å². The van der Waals surface area contributed by atoms with Crippen molar-refractivity contribution >= 4 is 23.7 Å². The lowest BCUT2D eigenvalue weighted by molar-refractivity contribution is 0.0632. The molecule has 7 nitrogen and oxygen atoms in total. The molecule has 2 aromatic rings. The molecule has 3 N–H and O–H groups in total. The lowest BCUT2D eigenvalue weighted by Gasteiger charge is -2.11. The molecule has 0 aromatic heterocycles. The maximum atomic E-state index is 12.5. The zero-order chi connectivity index (χ0) is 16.9. The summed E-state index contributed by atoms with van der Waals surface area (Å²) in [4.78, 5) is 46.8. The highest BCUT2D eigenvalue weighted by Crippen LogP contribution is 2.40. The lowest BCUT2D eigenvalue weighted by atomic mass is 9.91. The van der Waals surface area contributed by atoms with Crippen LogP contribution in [0, 0.1) is 0 Å². The molecule has 0 atom stereocenters. The first-order chi connectivity index (χ1) is 10.8. The number of rotatable bonds is 3. The van der Waals surface area contributed by atoms with E-state index in [4.69, 9.17) is 0 Å². The first kappa shape index (κ1) is 14.5. The first-order valence-electron chi connectivity index (χ1n) is 6.39. The van der Waals surface area contributed by atoms with Crippen molar-refractivity contribution in [3.63, 3.8) is 0 Å². The molecule has 0 radical (unpaired) electrons. The van der Waals surface area contributed by atoms with E-state index in [1.165, 1.54) is 6.07 Å². The average Bonchev–Trinajstić information content (AvgIpc) is 2.78. The molecule has 1 aliphatic carbocycles. The molecule has 0 amide bonds. The molecule has 0 saturated carbocycles. The van der Waals surface area contributed by atoms with Crippen LogP contribution in [0.2, 0.25) is 0 Å². The van der Waals surface area contributed by atoms with E-state index in [0.29, 0.717) is 5.56 Å². The van der Waals surface area contributed by atoms with Gasteiger partial charge in [0.1, 0.15) is 0 Å². The van der Waals surface area contributed by atoms with E-state index in [9.17, 15) is 34.5 Å². The molecule has 0 saturated heterocycles. The van der Waals surface area contributed by atoms with Gasteiger partial charge in [-0.15, -0.1) is 0 Å². The summed E-state index contributed by atoms with van der Waals surface area (Å²) in [5, 5.41) is 27.8. The molecule has 0 aliphatic heterocycles. The number of aromatic carboxylic acids is 3. The molecule has 0 unspecified atom stereocenters. The second-order valence-corrected chi connectivity index (χ2v) is 4.89. The quantitative estimate of drug-likeness (QED) is 0.674. The van der Waals surface area contributed by atoms with Gasteiger partial charge in [-0.3, -0.25) is 4.79 Å². The molecule has 0 fully saturated rings. The number of carboxylic acids is 3. The predicted octanol–water partition coefficient (Wildman–Crippen LogP) is 1.99. The van der Waals surface area contributed by atoms with Crippen LogP contribution in [-0.2, 0) is 0 Å². The second-order valence-electron chi connectivity index (χ2n) is 4.89. The van der Waals surface area contributed by atoms with Crippen molar-refractivity contribution in [2.75, 3.05) is 0 Å². The van der Waals surface area contributed by atoms with E-state index in [-0.39, 0.29) is 16.7 Å². The van der Waals surface area contributed by atoms with Crippen molar-refractivity contribution < 1.29 is 34.5 Å². The minimum absolute atomic E-state index is 0.116. The van der Waals surface area contributed by atoms with Gasteiger partial charge in [0, 0.05) is 11.1 Å². The van der Waals surface area contributed by atoms with Crippen LogP contribution in [0.1, 0.15) is 47.0 Å². The topological polar surface area (TPSA) is 129 Å². The summed E-state index contributed by atoms with van der Waals surface area (Å²) >= 11 is 0. The molecular weight excluding hydrogens is 304 g/mol. The van der Waals surface area contributed by atoms with Crippen molar-refractivity contribution in [3.05, 3.63) is 58.1 Å². The van der Waals surface area contributed by atoms with Gasteiger partial charge < -0.3 is 15.3 Å². The number of benzene rings is 2. The van der Waals surface area contributed by atoms with E-state index in [1.807, 2.05) is 0 Å². The Hall–Kier alpha value is -3.48. The number of carboxylic acid groups (broad SMARTS) is 3. The maximum absolute atomic E-state index is 12.5. The largest absolute Gasteiger partial charge is 0.478 e. The molecule has 3 rings (SSSR count). The fourth-order valence-electron chi connectivity index (χ4n) is 2.79. The third kappa shape index (κ3) is 1.90. The molecule has 2 aromatic carbocycles. The standard InChI is InChI=1S/C16H8O7/c17-13-7-4-2-1-3-6(7)8-5-9(14(18)19)11(15(20)21)12(10(8)13)16(22)23/h1-5H,(H,18,19)(H,20,21)(H,22,23). The SMILES string of the molecule is O=C(O)c1cc2c(c(C(=O)O)c1C(=O)O)C(=O)c1ccccc1-2. The van der Waals surface area contributed by atoms with Crippen molar-refractivity contribution in [3.8, 4) is 11.1 Å². The number of hydrogen-bond donors (Lipinski definition) is 3. The Morgan fingerprint density at radius 2 is 1.30 bits per heavy atom. The Morgan fingerprint density at radius 3 is 1.83 bits per heavy atom. The van der Waals surface area contributed by atoms with Crippen molar-refractivity contribution in [1.82, 2.24) is 0 Å². The van der Waals surface area contributed by atoms with E-state index in [0.717, 1.165) is 6.07 Å². The summed E-state index contributed by atoms with van der Waals surface area (Å²) in [5.41, 5.74) is -1.94. The Bertz CT molecular complexity index is 924. The molecule has 0 heterocycles. The van der Waals surface area contributed by atoms with Crippen molar-refractivity contribution in [1.29, 1.82) is 0 Å². The Balaban J connectivity index is 2.52. The smallest absolute Gasteiger partial charge is 0.337 e. The van der Waals surface area contributed by atoms with Crippen molar-refractivity contribution in [2.45, 2.75) is 0 Å². The van der Waals surface area contributed by atoms with Crippen LogP contribution in [0.25, 0.3) is 11.1 Å². The van der Waals surface area contributed by atoms with E-state index in [1.54, 1.807) is 18.2 Å². The van der Waals surface area contributed by atoms with Crippen LogP contribution < -0.4 is 0 Å². The van der Waals surface area contributed by atoms with Crippen LogP contribution >= 0.6 is 0 Å². The minimum atomic E-state index is -1.72. The zero-order valence-corrected chi connectivity index (χ0v) is 11.4. The molecule has 0 bridgehead atoms. The Morgan fingerprint density at radius 1 is 0.739 bits per heavy atom. The third-order valence-corrected chi connectivity index (χ3v) is 3.67. The van der Waals surface area contributed by atoms with Gasteiger partial charge >= 0.3 is 17.9 Å². The molecule has 1 aliphatic rings. The predicted molar refractivity (Wildman–Crippen MR) is 76.2 cm³/mol. The molecule has 7 heteroatoms. The molecule has 114 valence electrons. The van der Waals surface area contributed by atoms with Gasteiger partial charge in [-0.2, -0.15) is 0 Å². The lowest BCUT2D eigenvalue weighted by Crippen LogP contribution is -2.18. The highest BCUT2D eigenvalue weighted by Gasteiger charge is 2.37. The van der Waals surface area contributed by atoms with E-state index in [2.05, 4.69) is 0 Å². The fourth-order valence-corrected chi connectivity index (χ4v) is 2.79. The average molecular weight is 312 g/mol. The summed E-state index contributed by atoms with van der Waals surface area (Å²) < 4.78 is 0. The van der Waals surface area contributed by atoms with Gasteiger partial charge in [0.25, 0.3) is 0 Å². The Labute approximate surface area is 128 Å². The van der Waals surface area contributed by atoms with Crippen LogP contribution in [0.3, 0.4) is 0 Å². The second kappa shape index (κ2) is 4.77. The van der Waals surface area contributed by atoms with Gasteiger partial charge in [-0.05, 0) is 17.2 Å². The summed E-state index contributed by atoms with van der Waals surface area (Å²) in [7, 11) is 0. The van der Waals surface area contributed by atoms with Crippen LogP contribution in [0.5, 0.6) is 0 Å². The molecule has 0 spiro atoms. The van der Waals surface area contributed by atoms with Gasteiger partial charge in [0.15, 0.2) is 5.78 Å². The van der Waals surface area contributed by atoms with Crippen LogP contribution in [0.4, 0.5) is 0 Å². The summed E-state index contributed by atoms with van der Waals surface area (Å²) in [6, 6.07) is 7.27. The third-order valence-electron chi connectivity index (χ3n) is 3.67. The number of hydrogen-bond acceptors (Lipinski definition) is 4. The van der Waals surface area contributed by atoms with Gasteiger partial charge in [-0.25, -0.2) is 14.4 Å². The molecular formula is C16H8O7. The molecule has 23 heavy (non-hydrogen) atoms. The number of ketones is 1. The summed E-state index contributed by atoms with van der Waals surface area (Å²) in [6.07, 6.45) is 0. The highest BCUT2D eigenvalue weighted by atomic mass is 16.4. The number of carbonyl (C=O) groups excluding carboxylic acids is 1. The van der Waals surface area contributed by atoms with E-state index < -0.39 is 40.4 Å². The summed E-state index contributed by atoms with van der Waals surface area (Å²) in [5.74, 6) is -5.59. The fraction of sp³-hybridized carbons (Fsp3) is 0. The monoisotopic (exact) mass is 312 g/mol. The normalized spacial score (nSPS) is 11.7. The number of fused-ring (bicyclic) bond motifs is 3. The van der Waals surface area contributed by atoms with Gasteiger partial charge in [0.2, 0.25) is 0 Å². The number of carbonyl (C=O) groups is 4. The van der Waals surface area contributed by atoms with Gasteiger partial charge in [-0.1, -0.05) is 24.3 Å². The van der Waals surface area contributed by atoms with Gasteiger partial charge in [0.05, 0.1) is 16.7 Å². The minimum Gasteiger partial charge on any atom is -0.478 e. The first-order valence-corrected chi connectivity index (χ1v) is 6.39. The maximum Gasteiger partial charge on any atom is 0.337 e. The Kier molecular flexibility index (Phi) is 3.00. The highest BCUT2D eigenvalue weighted by molar-refractivity contribution is 6.28. The van der Waals surface area contributed by atoms with E-state index >= 15 is 0 Å². The zero-order valence-electron chi connectivity index (χ0n) is 11.4. The summed E-state index contributed by atoms with van der Waals surface area (Å²) in [6.45, 7) is 0. The van der Waals surface area contributed by atoms with Crippen LogP contribution in [0.15, 0.2) is 30.3 Å². The van der Waals surface area contributed by atoms with Crippen LogP contribution in [-0.4, -0.2) is 39.0 Å².